The van der Waals surface area contributed by atoms with Crippen molar-refractivity contribution in [1.82, 2.24) is 0 Å². The average Bonchev–Trinajstić information content (AvgIpc) is 2.28. The highest BCUT2D eigenvalue weighted by Gasteiger charge is 2.16. The predicted molar refractivity (Wildman–Crippen MR) is 65.2 cm³/mol. The molecule has 4 nitrogen and oxygen atoms in total. The van der Waals surface area contributed by atoms with E-state index in [2.05, 4.69) is 0 Å². The van der Waals surface area contributed by atoms with Crippen LogP contribution >= 0.6 is 11.8 Å². The molecule has 0 aliphatic heterocycles. The van der Waals surface area contributed by atoms with Crippen LogP contribution in [0.3, 0.4) is 0 Å². The first-order valence-corrected chi connectivity index (χ1v) is 6.05. The van der Waals surface area contributed by atoms with Crippen LogP contribution in [0.1, 0.15) is 10.4 Å². The van der Waals surface area contributed by atoms with Gasteiger partial charge in [-0.15, -0.1) is 0 Å². The second-order valence-corrected chi connectivity index (χ2v) is 4.07. The van der Waals surface area contributed by atoms with Crippen molar-refractivity contribution in [2.45, 2.75) is 0 Å². The third-order valence-electron chi connectivity index (χ3n) is 2.14. The predicted octanol–water partition coefficient (Wildman–Crippen LogP) is 1.71. The summed E-state index contributed by atoms with van der Waals surface area (Å²) in [6.45, 7) is 0. The van der Waals surface area contributed by atoms with E-state index in [4.69, 9.17) is 5.11 Å². The largest absolute Gasteiger partial charge is 0.478 e. The lowest BCUT2D eigenvalue weighted by Crippen LogP contribution is -2.29. The number of carboxylic acid groups (broad SMARTS) is 1. The van der Waals surface area contributed by atoms with Crippen molar-refractivity contribution in [1.29, 1.82) is 0 Å². The molecule has 0 saturated heterocycles. The van der Waals surface area contributed by atoms with E-state index in [-0.39, 0.29) is 11.5 Å². The minimum absolute atomic E-state index is 0.110. The molecule has 86 valence electrons. The van der Waals surface area contributed by atoms with Gasteiger partial charge in [-0.3, -0.25) is 4.79 Å². The van der Waals surface area contributed by atoms with Crippen molar-refractivity contribution in [3.63, 3.8) is 0 Å². The fourth-order valence-corrected chi connectivity index (χ4v) is 1.74. The summed E-state index contributed by atoms with van der Waals surface area (Å²) < 4.78 is 0. The molecule has 0 aliphatic carbocycles. The lowest BCUT2D eigenvalue weighted by Gasteiger charge is -2.18. The lowest BCUT2D eigenvalue weighted by molar-refractivity contribution is -0.115. The molecule has 0 unspecified atom stereocenters. The van der Waals surface area contributed by atoms with Crippen LogP contribution in [-0.4, -0.2) is 36.0 Å². The van der Waals surface area contributed by atoms with Gasteiger partial charge in [0, 0.05) is 7.05 Å². The summed E-state index contributed by atoms with van der Waals surface area (Å²) in [6.07, 6.45) is 1.83. The van der Waals surface area contributed by atoms with Gasteiger partial charge in [0.05, 0.1) is 17.0 Å². The minimum atomic E-state index is -1.03. The molecule has 1 amide bonds. The maximum atomic E-state index is 11.6. The second-order valence-electron chi connectivity index (χ2n) is 3.21. The van der Waals surface area contributed by atoms with E-state index in [0.29, 0.717) is 11.4 Å². The minimum Gasteiger partial charge on any atom is -0.478 e. The van der Waals surface area contributed by atoms with Crippen LogP contribution in [-0.2, 0) is 4.79 Å². The molecule has 1 N–H and O–H groups in total. The first-order chi connectivity index (χ1) is 7.57. The van der Waals surface area contributed by atoms with Gasteiger partial charge in [-0.25, -0.2) is 4.79 Å². The first-order valence-electron chi connectivity index (χ1n) is 4.65. The van der Waals surface area contributed by atoms with Gasteiger partial charge in [-0.2, -0.15) is 11.8 Å². The Morgan fingerprint density at radius 3 is 2.56 bits per heavy atom. The van der Waals surface area contributed by atoms with Crippen LogP contribution in [0, 0.1) is 0 Å². The van der Waals surface area contributed by atoms with E-state index in [0.717, 1.165) is 0 Å². The number of aromatic carboxylic acids is 1. The zero-order valence-electron chi connectivity index (χ0n) is 9.14. The quantitative estimate of drug-likeness (QED) is 0.869. The standard InChI is InChI=1S/C11H13NO3S/c1-12(10(13)7-16-2)9-6-4-3-5-8(9)11(14)15/h3-6H,7H2,1-2H3,(H,14,15). The van der Waals surface area contributed by atoms with Crippen LogP contribution in [0.15, 0.2) is 24.3 Å². The monoisotopic (exact) mass is 239 g/mol. The Balaban J connectivity index is 3.03. The van der Waals surface area contributed by atoms with Crippen LogP contribution < -0.4 is 4.90 Å². The van der Waals surface area contributed by atoms with E-state index >= 15 is 0 Å². The van der Waals surface area contributed by atoms with Gasteiger partial charge in [0.2, 0.25) is 5.91 Å². The number of carbonyl (C=O) groups is 2. The number of benzene rings is 1. The van der Waals surface area contributed by atoms with Crippen molar-refractivity contribution in [3.05, 3.63) is 29.8 Å². The zero-order chi connectivity index (χ0) is 12.1. The van der Waals surface area contributed by atoms with Gasteiger partial charge in [-0.05, 0) is 18.4 Å². The summed E-state index contributed by atoms with van der Waals surface area (Å²) in [6, 6.07) is 6.46. The molecular weight excluding hydrogens is 226 g/mol. The van der Waals surface area contributed by atoms with Crippen molar-refractivity contribution in [2.24, 2.45) is 0 Å². The Kier molecular flexibility index (Phi) is 4.37. The average molecular weight is 239 g/mol. The van der Waals surface area contributed by atoms with E-state index < -0.39 is 5.97 Å². The molecule has 0 spiro atoms. The Morgan fingerprint density at radius 2 is 2.00 bits per heavy atom. The molecule has 0 heterocycles. The first kappa shape index (κ1) is 12.6. The van der Waals surface area contributed by atoms with Gasteiger partial charge in [0.25, 0.3) is 0 Å². The van der Waals surface area contributed by atoms with Crippen molar-refractivity contribution in [2.75, 3.05) is 24.0 Å². The normalized spacial score (nSPS) is 9.88. The van der Waals surface area contributed by atoms with Crippen LogP contribution in [0.5, 0.6) is 0 Å². The number of para-hydroxylation sites is 1. The van der Waals surface area contributed by atoms with Crippen LogP contribution in [0.2, 0.25) is 0 Å². The van der Waals surface area contributed by atoms with E-state index in [1.54, 1.807) is 25.2 Å². The Bertz CT molecular complexity index is 406. The molecule has 0 fully saturated rings. The number of nitrogens with zero attached hydrogens (tertiary/aromatic N) is 1. The number of thioether (sulfide) groups is 1. The summed E-state index contributed by atoms with van der Waals surface area (Å²) in [5.41, 5.74) is 0.563. The summed E-state index contributed by atoms with van der Waals surface area (Å²) in [4.78, 5) is 24.0. The van der Waals surface area contributed by atoms with Gasteiger partial charge >= 0.3 is 5.97 Å². The molecule has 0 radical (unpaired) electrons. The summed E-state index contributed by atoms with van der Waals surface area (Å²) in [5.74, 6) is -0.801. The van der Waals surface area contributed by atoms with Gasteiger partial charge in [0.1, 0.15) is 0 Å². The van der Waals surface area contributed by atoms with E-state index in [9.17, 15) is 9.59 Å². The van der Waals surface area contributed by atoms with Crippen molar-refractivity contribution >= 4 is 29.3 Å². The van der Waals surface area contributed by atoms with Gasteiger partial charge in [0.15, 0.2) is 0 Å². The third-order valence-corrected chi connectivity index (χ3v) is 2.67. The molecule has 16 heavy (non-hydrogen) atoms. The number of hydrogen-bond donors (Lipinski definition) is 1. The topological polar surface area (TPSA) is 57.6 Å². The molecule has 0 bridgehead atoms. The molecule has 5 heteroatoms. The van der Waals surface area contributed by atoms with Crippen LogP contribution in [0.4, 0.5) is 5.69 Å². The number of rotatable bonds is 4. The molecule has 0 aromatic heterocycles. The number of amides is 1. The highest BCUT2D eigenvalue weighted by atomic mass is 32.2. The fraction of sp³-hybridized carbons (Fsp3) is 0.273. The second kappa shape index (κ2) is 5.55. The number of anilines is 1. The molecular formula is C11H13NO3S. The lowest BCUT2D eigenvalue weighted by atomic mass is 10.1. The highest BCUT2D eigenvalue weighted by Crippen LogP contribution is 2.19. The van der Waals surface area contributed by atoms with Crippen molar-refractivity contribution in [3.8, 4) is 0 Å². The fourth-order valence-electron chi connectivity index (χ4n) is 1.30. The van der Waals surface area contributed by atoms with Crippen molar-refractivity contribution < 1.29 is 14.7 Å². The Labute approximate surface area is 98.3 Å². The summed E-state index contributed by atoms with van der Waals surface area (Å²) in [7, 11) is 1.58. The Morgan fingerprint density at radius 1 is 1.38 bits per heavy atom. The number of hydrogen-bond acceptors (Lipinski definition) is 3. The highest BCUT2D eigenvalue weighted by molar-refractivity contribution is 7.99. The molecule has 1 aromatic carbocycles. The molecule has 1 rings (SSSR count). The van der Waals surface area contributed by atoms with Crippen LogP contribution in [0.25, 0.3) is 0 Å². The SMILES string of the molecule is CSCC(=O)N(C)c1ccccc1C(=O)O. The number of carboxylic acids is 1. The Hall–Kier alpha value is -1.49. The summed E-state index contributed by atoms with van der Waals surface area (Å²) in [5, 5.41) is 8.98. The third kappa shape index (κ3) is 2.76. The van der Waals surface area contributed by atoms with Gasteiger partial charge in [-0.1, -0.05) is 12.1 Å². The molecule has 0 aliphatic rings. The summed E-state index contributed by atoms with van der Waals surface area (Å²) >= 11 is 1.41. The smallest absolute Gasteiger partial charge is 0.337 e. The number of carbonyl (C=O) groups excluding carboxylic acids is 1. The maximum absolute atomic E-state index is 11.6. The van der Waals surface area contributed by atoms with Gasteiger partial charge < -0.3 is 10.0 Å². The van der Waals surface area contributed by atoms with E-state index in [1.807, 2.05) is 6.26 Å². The van der Waals surface area contributed by atoms with E-state index in [1.165, 1.54) is 22.7 Å². The molecule has 0 saturated carbocycles. The maximum Gasteiger partial charge on any atom is 0.337 e. The molecule has 1 aromatic rings. The molecule has 0 atom stereocenters. The zero-order valence-corrected chi connectivity index (χ0v) is 9.95.